The van der Waals surface area contributed by atoms with Gasteiger partial charge in [-0.3, -0.25) is 9.59 Å². The number of hydrogen-bond acceptors (Lipinski definition) is 6. The molecule has 7 heteroatoms. The van der Waals surface area contributed by atoms with Crippen LogP contribution >= 0.6 is 27.3 Å². The number of ether oxygens (including phenoxy) is 2. The molecule has 0 saturated heterocycles. The average molecular weight is 372 g/mol. The summed E-state index contributed by atoms with van der Waals surface area (Å²) in [5.74, 6) is -0.345. The van der Waals surface area contributed by atoms with Crippen LogP contribution in [0.2, 0.25) is 0 Å². The molecule has 0 spiro atoms. The van der Waals surface area contributed by atoms with Gasteiger partial charge < -0.3 is 9.47 Å². The van der Waals surface area contributed by atoms with Crippen molar-refractivity contribution in [1.82, 2.24) is 4.98 Å². The lowest BCUT2D eigenvalue weighted by atomic mass is 10.1. The summed E-state index contributed by atoms with van der Waals surface area (Å²) in [5.41, 5.74) is 0.724. The highest BCUT2D eigenvalue weighted by Gasteiger charge is 2.21. The van der Waals surface area contributed by atoms with Crippen LogP contribution in [0.4, 0.5) is 0 Å². The molecule has 1 heterocycles. The van der Waals surface area contributed by atoms with Crippen LogP contribution in [-0.2, 0) is 9.53 Å². The topological polar surface area (TPSA) is 65.5 Å². The molecule has 112 valence electrons. The average Bonchev–Trinajstić information content (AvgIpc) is 2.87. The minimum Gasteiger partial charge on any atom is -0.496 e. The molecule has 0 amide bonds. The number of carbonyl (C=O) groups excluding carboxylic acids is 2. The Balaban J connectivity index is 2.26. The van der Waals surface area contributed by atoms with Gasteiger partial charge in [-0.2, -0.15) is 0 Å². The third kappa shape index (κ3) is 3.41. The van der Waals surface area contributed by atoms with Gasteiger partial charge in [-0.25, -0.2) is 4.98 Å². The van der Waals surface area contributed by atoms with Crippen molar-refractivity contribution < 1.29 is 19.1 Å². The van der Waals surface area contributed by atoms with E-state index in [1.165, 1.54) is 18.4 Å². The second kappa shape index (κ2) is 6.53. The lowest BCUT2D eigenvalue weighted by molar-refractivity contribution is -0.144. The fourth-order valence-corrected chi connectivity index (χ4v) is 3.27. The Morgan fingerprint density at radius 2 is 2.10 bits per heavy atom. The summed E-state index contributed by atoms with van der Waals surface area (Å²) in [6.45, 7) is 1.66. The van der Waals surface area contributed by atoms with Gasteiger partial charge in [0.1, 0.15) is 5.75 Å². The molecule has 0 bridgehead atoms. The quantitative estimate of drug-likeness (QED) is 0.594. The highest BCUT2D eigenvalue weighted by atomic mass is 79.9. The number of halogens is 1. The lowest BCUT2D eigenvalue weighted by Gasteiger charge is -2.05. The molecule has 0 fully saturated rings. The van der Waals surface area contributed by atoms with Crippen molar-refractivity contribution in [3.63, 3.8) is 0 Å². The number of nitrogens with zero attached hydrogens (tertiary/aromatic N) is 1. The zero-order chi connectivity index (χ0) is 15.6. The predicted molar refractivity (Wildman–Crippen MR) is 84.0 cm³/mol. The molecule has 0 saturated carbocycles. The van der Waals surface area contributed by atoms with Gasteiger partial charge in [0.15, 0.2) is 10.8 Å². The van der Waals surface area contributed by atoms with Crippen LogP contribution in [0.1, 0.15) is 23.1 Å². The number of thiazole rings is 1. The van der Waals surface area contributed by atoms with E-state index in [2.05, 4.69) is 25.7 Å². The van der Waals surface area contributed by atoms with Crippen LogP contribution < -0.4 is 4.74 Å². The minimum absolute atomic E-state index is 0.0881. The Morgan fingerprint density at radius 3 is 2.71 bits per heavy atom. The molecule has 1 aromatic carbocycles. The predicted octanol–water partition coefficient (Wildman–Crippen LogP) is 3.45. The van der Waals surface area contributed by atoms with Gasteiger partial charge in [0.05, 0.1) is 34.8 Å². The zero-order valence-electron chi connectivity index (χ0n) is 11.8. The van der Waals surface area contributed by atoms with Crippen molar-refractivity contribution >= 4 is 49.2 Å². The normalized spacial score (nSPS) is 12.2. The Kier molecular flexibility index (Phi) is 4.95. The summed E-state index contributed by atoms with van der Waals surface area (Å²) in [6.07, 6.45) is 0.0881. The number of ketones is 1. The highest BCUT2D eigenvalue weighted by Crippen LogP contribution is 2.33. The molecule has 0 aliphatic carbocycles. The second-order valence-electron chi connectivity index (χ2n) is 4.53. The molecule has 5 nitrogen and oxygen atoms in total. The van der Waals surface area contributed by atoms with Crippen molar-refractivity contribution in [3.8, 4) is 5.75 Å². The highest BCUT2D eigenvalue weighted by molar-refractivity contribution is 9.10. The molecule has 21 heavy (non-hydrogen) atoms. The van der Waals surface area contributed by atoms with Gasteiger partial charge in [0.2, 0.25) is 0 Å². The largest absolute Gasteiger partial charge is 0.496 e. The van der Waals surface area contributed by atoms with Gasteiger partial charge in [0.25, 0.3) is 0 Å². The van der Waals surface area contributed by atoms with E-state index in [0.29, 0.717) is 10.8 Å². The third-order valence-corrected chi connectivity index (χ3v) is 4.67. The molecule has 1 aromatic heterocycles. The van der Waals surface area contributed by atoms with E-state index in [-0.39, 0.29) is 12.2 Å². The van der Waals surface area contributed by atoms with E-state index < -0.39 is 11.9 Å². The fraction of sp³-hybridized carbons (Fsp3) is 0.357. The SMILES string of the molecule is COC(=O)[C@@H](C)CC(=O)c1nc2cc(Br)c(OC)cc2s1. The standard InChI is InChI=1S/C14H14BrNO4S/c1-7(14(18)20-3)4-10(17)13-16-9-5-8(15)11(19-2)6-12(9)21-13/h5-7H,4H2,1-3H3/t7-/m0/s1. The van der Waals surface area contributed by atoms with Crippen molar-refractivity contribution in [2.75, 3.05) is 14.2 Å². The number of esters is 1. The van der Waals surface area contributed by atoms with Crippen LogP contribution in [0, 0.1) is 5.92 Å². The van der Waals surface area contributed by atoms with Crippen LogP contribution in [0.15, 0.2) is 16.6 Å². The summed E-state index contributed by atoms with van der Waals surface area (Å²) in [5, 5.41) is 0.390. The van der Waals surface area contributed by atoms with E-state index in [1.54, 1.807) is 14.0 Å². The minimum atomic E-state index is -0.476. The molecular formula is C14H14BrNO4S. The van der Waals surface area contributed by atoms with Crippen molar-refractivity contribution in [2.24, 2.45) is 5.92 Å². The zero-order valence-corrected chi connectivity index (χ0v) is 14.2. The first-order valence-corrected chi connectivity index (χ1v) is 7.82. The number of Topliss-reactive ketones (excluding diaryl/α,β-unsaturated/α-hetero) is 1. The smallest absolute Gasteiger partial charge is 0.308 e. The molecule has 0 aliphatic rings. The first kappa shape index (κ1) is 15.9. The molecule has 0 aliphatic heterocycles. The number of benzene rings is 1. The molecule has 2 aromatic rings. The van der Waals surface area contributed by atoms with E-state index in [1.807, 2.05) is 12.1 Å². The molecule has 1 atom stereocenters. The van der Waals surface area contributed by atoms with E-state index >= 15 is 0 Å². The van der Waals surface area contributed by atoms with Crippen LogP contribution in [0.3, 0.4) is 0 Å². The van der Waals surface area contributed by atoms with Gasteiger partial charge in [0, 0.05) is 12.5 Å². The molecule has 0 N–H and O–H groups in total. The third-order valence-electron chi connectivity index (χ3n) is 3.00. The number of fused-ring (bicyclic) bond motifs is 1. The van der Waals surface area contributed by atoms with Gasteiger partial charge >= 0.3 is 5.97 Å². The maximum Gasteiger partial charge on any atom is 0.308 e. The van der Waals surface area contributed by atoms with E-state index in [4.69, 9.17) is 4.74 Å². The van der Waals surface area contributed by atoms with Gasteiger partial charge in [-0.05, 0) is 22.0 Å². The maximum absolute atomic E-state index is 12.2. The summed E-state index contributed by atoms with van der Waals surface area (Å²) >= 11 is 4.68. The number of methoxy groups -OCH3 is 2. The molecular weight excluding hydrogens is 358 g/mol. The lowest BCUT2D eigenvalue weighted by Crippen LogP contribution is -2.16. The summed E-state index contributed by atoms with van der Waals surface area (Å²) in [4.78, 5) is 27.9. The number of aromatic nitrogens is 1. The number of carbonyl (C=O) groups is 2. The van der Waals surface area contributed by atoms with Crippen LogP contribution in [0.5, 0.6) is 5.75 Å². The van der Waals surface area contributed by atoms with Crippen LogP contribution in [0.25, 0.3) is 10.2 Å². The van der Waals surface area contributed by atoms with Gasteiger partial charge in [-0.1, -0.05) is 6.92 Å². The Hall–Kier alpha value is -1.47. The van der Waals surface area contributed by atoms with Gasteiger partial charge in [-0.15, -0.1) is 11.3 Å². The first-order chi connectivity index (χ1) is 9.96. The van der Waals surface area contributed by atoms with Crippen molar-refractivity contribution in [1.29, 1.82) is 0 Å². The summed E-state index contributed by atoms with van der Waals surface area (Å²) in [7, 11) is 2.89. The summed E-state index contributed by atoms with van der Waals surface area (Å²) < 4.78 is 11.5. The van der Waals surface area contributed by atoms with E-state index in [0.717, 1.165) is 14.7 Å². The Labute approximate surface area is 134 Å². The molecule has 0 radical (unpaired) electrons. The molecule has 0 unspecified atom stereocenters. The monoisotopic (exact) mass is 371 g/mol. The number of rotatable bonds is 5. The van der Waals surface area contributed by atoms with Crippen molar-refractivity contribution in [2.45, 2.75) is 13.3 Å². The second-order valence-corrected chi connectivity index (χ2v) is 6.41. The number of hydrogen-bond donors (Lipinski definition) is 0. The Bertz CT molecular complexity index is 698. The summed E-state index contributed by atoms with van der Waals surface area (Å²) in [6, 6.07) is 3.64. The van der Waals surface area contributed by atoms with Crippen molar-refractivity contribution in [3.05, 3.63) is 21.6 Å². The Morgan fingerprint density at radius 1 is 1.38 bits per heavy atom. The first-order valence-electron chi connectivity index (χ1n) is 6.21. The maximum atomic E-state index is 12.2. The van der Waals surface area contributed by atoms with E-state index in [9.17, 15) is 9.59 Å². The fourth-order valence-electron chi connectivity index (χ4n) is 1.86. The van der Waals surface area contributed by atoms with Crippen LogP contribution in [-0.4, -0.2) is 31.0 Å². The molecule has 2 rings (SSSR count).